The quantitative estimate of drug-likeness (QED) is 0.551. The summed E-state index contributed by atoms with van der Waals surface area (Å²) in [5.74, 6) is 0.462. The Labute approximate surface area is 55.0 Å². The fourth-order valence-electron chi connectivity index (χ4n) is 0.929. The maximum Gasteiger partial charge on any atom is 0.112 e. The van der Waals surface area contributed by atoms with Crippen molar-refractivity contribution in [3.8, 4) is 0 Å². The van der Waals surface area contributed by atoms with Gasteiger partial charge in [0.1, 0.15) is 6.73 Å². The van der Waals surface area contributed by atoms with Gasteiger partial charge >= 0.3 is 0 Å². The average Bonchev–Trinajstić information content (AvgIpc) is 1.91. The zero-order chi connectivity index (χ0) is 6.53. The molecular formula is C6H12NO2. The van der Waals surface area contributed by atoms with Gasteiger partial charge in [0, 0.05) is 13.2 Å². The molecule has 1 fully saturated rings. The standard InChI is InChI=1S/C6H12NO2/c8-2-1-6-3-7-5-9-4-6/h6,8H,1-5H2. The maximum absolute atomic E-state index is 8.52. The molecule has 53 valence electrons. The molecule has 0 aromatic heterocycles. The van der Waals surface area contributed by atoms with Gasteiger partial charge in [0.2, 0.25) is 0 Å². The van der Waals surface area contributed by atoms with Gasteiger partial charge in [-0.2, -0.15) is 0 Å². The van der Waals surface area contributed by atoms with Crippen molar-refractivity contribution in [3.63, 3.8) is 0 Å². The predicted octanol–water partition coefficient (Wildman–Crippen LogP) is -0.423. The average molecular weight is 130 g/mol. The van der Waals surface area contributed by atoms with Gasteiger partial charge in [-0.15, -0.1) is 0 Å². The van der Waals surface area contributed by atoms with Gasteiger partial charge in [-0.25, -0.2) is 5.32 Å². The highest BCUT2D eigenvalue weighted by molar-refractivity contribution is 4.62. The van der Waals surface area contributed by atoms with E-state index in [0.29, 0.717) is 12.6 Å². The number of rotatable bonds is 2. The lowest BCUT2D eigenvalue weighted by Gasteiger charge is -2.20. The number of aliphatic hydroxyl groups excluding tert-OH is 1. The monoisotopic (exact) mass is 130 g/mol. The van der Waals surface area contributed by atoms with Crippen LogP contribution in [-0.2, 0) is 4.74 Å². The molecule has 1 heterocycles. The van der Waals surface area contributed by atoms with E-state index in [2.05, 4.69) is 5.32 Å². The minimum atomic E-state index is 0.254. The Morgan fingerprint density at radius 2 is 2.56 bits per heavy atom. The Morgan fingerprint density at radius 3 is 3.11 bits per heavy atom. The third kappa shape index (κ3) is 2.30. The van der Waals surface area contributed by atoms with Crippen molar-refractivity contribution in [1.29, 1.82) is 0 Å². The van der Waals surface area contributed by atoms with Gasteiger partial charge in [-0.1, -0.05) is 0 Å². The first-order valence-electron chi connectivity index (χ1n) is 3.25. The first kappa shape index (κ1) is 6.99. The Hall–Kier alpha value is -0.120. The predicted molar refractivity (Wildman–Crippen MR) is 33.0 cm³/mol. The zero-order valence-corrected chi connectivity index (χ0v) is 5.42. The summed E-state index contributed by atoms with van der Waals surface area (Å²) in [5, 5.41) is 12.6. The van der Waals surface area contributed by atoms with Crippen LogP contribution in [0.1, 0.15) is 6.42 Å². The van der Waals surface area contributed by atoms with Gasteiger partial charge in [-0.3, -0.25) is 0 Å². The summed E-state index contributed by atoms with van der Waals surface area (Å²) in [7, 11) is 0. The van der Waals surface area contributed by atoms with E-state index in [1.54, 1.807) is 0 Å². The number of nitrogens with zero attached hydrogens (tertiary/aromatic N) is 1. The molecule has 3 heteroatoms. The summed E-state index contributed by atoms with van der Waals surface area (Å²) >= 11 is 0. The zero-order valence-electron chi connectivity index (χ0n) is 5.42. The van der Waals surface area contributed by atoms with Gasteiger partial charge in [0.15, 0.2) is 0 Å². The third-order valence-corrected chi connectivity index (χ3v) is 1.46. The van der Waals surface area contributed by atoms with E-state index in [-0.39, 0.29) is 6.61 Å². The van der Waals surface area contributed by atoms with E-state index in [1.165, 1.54) is 0 Å². The lowest BCUT2D eigenvalue weighted by Crippen LogP contribution is -2.30. The van der Waals surface area contributed by atoms with Gasteiger partial charge < -0.3 is 9.84 Å². The summed E-state index contributed by atoms with van der Waals surface area (Å²) in [4.78, 5) is 0. The van der Waals surface area contributed by atoms with Crippen molar-refractivity contribution in [2.75, 3.05) is 26.5 Å². The highest BCUT2D eigenvalue weighted by Gasteiger charge is 2.12. The van der Waals surface area contributed by atoms with Crippen molar-refractivity contribution in [2.45, 2.75) is 6.42 Å². The largest absolute Gasteiger partial charge is 0.396 e. The molecule has 0 aliphatic carbocycles. The second-order valence-corrected chi connectivity index (χ2v) is 2.28. The molecule has 1 aliphatic rings. The van der Waals surface area contributed by atoms with Crippen LogP contribution in [0.3, 0.4) is 0 Å². The van der Waals surface area contributed by atoms with E-state index in [4.69, 9.17) is 9.84 Å². The lowest BCUT2D eigenvalue weighted by atomic mass is 10.1. The Bertz CT molecular complexity index is 68.7. The number of hydrogen-bond donors (Lipinski definition) is 1. The van der Waals surface area contributed by atoms with Crippen LogP contribution in [0.4, 0.5) is 0 Å². The molecule has 1 unspecified atom stereocenters. The summed E-state index contributed by atoms with van der Waals surface area (Å²) < 4.78 is 5.06. The fraction of sp³-hybridized carbons (Fsp3) is 1.00. The first-order valence-corrected chi connectivity index (χ1v) is 3.25. The summed E-state index contributed by atoms with van der Waals surface area (Å²) in [6.45, 7) is 2.43. The minimum absolute atomic E-state index is 0.254. The molecule has 0 aromatic rings. The summed E-state index contributed by atoms with van der Waals surface area (Å²) in [6, 6.07) is 0. The van der Waals surface area contributed by atoms with Crippen LogP contribution in [0.15, 0.2) is 0 Å². The van der Waals surface area contributed by atoms with Crippen LogP contribution in [-0.4, -0.2) is 31.6 Å². The topological polar surface area (TPSA) is 43.6 Å². The Balaban J connectivity index is 2.08. The van der Waals surface area contributed by atoms with E-state index in [9.17, 15) is 0 Å². The normalized spacial score (nSPS) is 28.3. The summed E-state index contributed by atoms with van der Waals surface area (Å²) in [6.07, 6.45) is 0.823. The number of ether oxygens (including phenoxy) is 1. The Kier molecular flexibility index (Phi) is 2.97. The second kappa shape index (κ2) is 3.82. The van der Waals surface area contributed by atoms with Crippen molar-refractivity contribution in [3.05, 3.63) is 0 Å². The molecular weight excluding hydrogens is 118 g/mol. The molecule has 1 aliphatic heterocycles. The van der Waals surface area contributed by atoms with E-state index in [1.807, 2.05) is 0 Å². The van der Waals surface area contributed by atoms with Crippen molar-refractivity contribution in [1.82, 2.24) is 5.32 Å². The Morgan fingerprint density at radius 1 is 1.67 bits per heavy atom. The molecule has 1 N–H and O–H groups in total. The molecule has 1 rings (SSSR count). The van der Waals surface area contributed by atoms with Crippen molar-refractivity contribution >= 4 is 0 Å². The SMILES string of the molecule is OCCC1C[N]COC1. The van der Waals surface area contributed by atoms with Crippen LogP contribution >= 0.6 is 0 Å². The maximum atomic E-state index is 8.52. The molecule has 0 amide bonds. The molecule has 3 nitrogen and oxygen atoms in total. The van der Waals surface area contributed by atoms with E-state index < -0.39 is 0 Å². The van der Waals surface area contributed by atoms with Crippen LogP contribution < -0.4 is 5.32 Å². The highest BCUT2D eigenvalue weighted by atomic mass is 16.5. The molecule has 0 saturated carbocycles. The van der Waals surface area contributed by atoms with Crippen molar-refractivity contribution in [2.24, 2.45) is 5.92 Å². The molecule has 0 spiro atoms. The van der Waals surface area contributed by atoms with E-state index in [0.717, 1.165) is 19.6 Å². The van der Waals surface area contributed by atoms with Crippen LogP contribution in [0, 0.1) is 5.92 Å². The van der Waals surface area contributed by atoms with Crippen LogP contribution in [0.25, 0.3) is 0 Å². The fourth-order valence-corrected chi connectivity index (χ4v) is 0.929. The second-order valence-electron chi connectivity index (χ2n) is 2.28. The van der Waals surface area contributed by atoms with Gasteiger partial charge in [0.05, 0.1) is 6.61 Å². The molecule has 0 aromatic carbocycles. The molecule has 0 bridgehead atoms. The number of aliphatic hydroxyl groups is 1. The lowest BCUT2D eigenvalue weighted by molar-refractivity contribution is 0.0343. The van der Waals surface area contributed by atoms with E-state index >= 15 is 0 Å². The summed E-state index contributed by atoms with van der Waals surface area (Å²) in [5.41, 5.74) is 0. The number of hydrogen-bond acceptors (Lipinski definition) is 2. The minimum Gasteiger partial charge on any atom is -0.396 e. The molecule has 1 radical (unpaired) electrons. The van der Waals surface area contributed by atoms with Gasteiger partial charge in [0.25, 0.3) is 0 Å². The third-order valence-electron chi connectivity index (χ3n) is 1.46. The molecule has 1 atom stereocenters. The molecule has 1 saturated heterocycles. The van der Waals surface area contributed by atoms with Crippen LogP contribution in [0.2, 0.25) is 0 Å². The highest BCUT2D eigenvalue weighted by Crippen LogP contribution is 2.05. The van der Waals surface area contributed by atoms with Gasteiger partial charge in [-0.05, 0) is 12.3 Å². The molecule has 9 heavy (non-hydrogen) atoms. The van der Waals surface area contributed by atoms with Crippen molar-refractivity contribution < 1.29 is 9.84 Å². The first-order chi connectivity index (χ1) is 4.43. The van der Waals surface area contributed by atoms with Crippen LogP contribution in [0.5, 0.6) is 0 Å². The smallest absolute Gasteiger partial charge is 0.112 e.